The van der Waals surface area contributed by atoms with Crippen LogP contribution in [-0.2, 0) is 21.2 Å². The van der Waals surface area contributed by atoms with Crippen LogP contribution in [0.1, 0.15) is 25.3 Å². The summed E-state index contributed by atoms with van der Waals surface area (Å²) in [5, 5.41) is 7.94. The highest BCUT2D eigenvalue weighted by atomic mass is 32.2. The van der Waals surface area contributed by atoms with E-state index >= 15 is 0 Å². The van der Waals surface area contributed by atoms with E-state index in [2.05, 4.69) is 5.32 Å². The molecule has 1 aromatic rings. The van der Waals surface area contributed by atoms with Crippen molar-refractivity contribution in [2.45, 2.75) is 31.1 Å². The molecule has 5 nitrogen and oxygen atoms in total. The summed E-state index contributed by atoms with van der Waals surface area (Å²) in [4.78, 5) is 11.9. The first-order valence-corrected chi connectivity index (χ1v) is 8.32. The van der Waals surface area contributed by atoms with E-state index in [0.29, 0.717) is 18.9 Å². The van der Waals surface area contributed by atoms with E-state index in [1.54, 1.807) is 12.1 Å². The van der Waals surface area contributed by atoms with E-state index in [9.17, 15) is 13.2 Å². The number of rotatable bonds is 6. The average Bonchev–Trinajstić information content (AvgIpc) is 3.21. The van der Waals surface area contributed by atoms with Crippen LogP contribution < -0.4 is 10.5 Å². The Hall–Kier alpha value is -1.40. The van der Waals surface area contributed by atoms with Crippen LogP contribution in [0.15, 0.2) is 29.2 Å². The summed E-state index contributed by atoms with van der Waals surface area (Å²) in [7, 11) is -3.64. The molecule has 1 unspecified atom stereocenters. The molecule has 1 aliphatic rings. The van der Waals surface area contributed by atoms with Crippen molar-refractivity contribution in [1.29, 1.82) is 0 Å². The first-order valence-electron chi connectivity index (χ1n) is 6.77. The standard InChI is InChI=1S/C14H20N2O3S/c1-10(12-4-5-12)14(17)16-9-8-11-2-6-13(7-3-11)20(15,18)19/h2-3,6-7,10,12H,4-5,8-9H2,1H3,(H,16,17)(H2,15,18,19). The fourth-order valence-corrected chi connectivity index (χ4v) is 2.66. The Kier molecular flexibility index (Phi) is 4.45. The molecule has 3 N–H and O–H groups in total. The van der Waals surface area contributed by atoms with Crippen LogP contribution in [0, 0.1) is 11.8 Å². The number of hydrogen-bond acceptors (Lipinski definition) is 3. The number of carbonyl (C=O) groups excluding carboxylic acids is 1. The van der Waals surface area contributed by atoms with Crippen molar-refractivity contribution in [1.82, 2.24) is 5.32 Å². The maximum atomic E-state index is 11.8. The number of amides is 1. The highest BCUT2D eigenvalue weighted by Gasteiger charge is 2.32. The number of primary sulfonamides is 1. The van der Waals surface area contributed by atoms with Gasteiger partial charge in [0, 0.05) is 12.5 Å². The quantitative estimate of drug-likeness (QED) is 0.822. The number of sulfonamides is 1. The van der Waals surface area contributed by atoms with Gasteiger partial charge in [-0.25, -0.2) is 13.6 Å². The molecule has 0 aromatic heterocycles. The van der Waals surface area contributed by atoms with Crippen LogP contribution in [0.3, 0.4) is 0 Å². The van der Waals surface area contributed by atoms with Gasteiger partial charge in [0.1, 0.15) is 0 Å². The molecule has 0 spiro atoms. The lowest BCUT2D eigenvalue weighted by Crippen LogP contribution is -2.31. The van der Waals surface area contributed by atoms with Gasteiger partial charge in [0.05, 0.1) is 4.90 Å². The van der Waals surface area contributed by atoms with Gasteiger partial charge < -0.3 is 5.32 Å². The molecule has 6 heteroatoms. The molecule has 20 heavy (non-hydrogen) atoms. The van der Waals surface area contributed by atoms with Gasteiger partial charge in [-0.05, 0) is 42.9 Å². The Morgan fingerprint density at radius 1 is 1.35 bits per heavy atom. The minimum Gasteiger partial charge on any atom is -0.356 e. The molecule has 1 saturated carbocycles. The Labute approximate surface area is 119 Å². The molecule has 110 valence electrons. The third kappa shape index (κ3) is 4.05. The molecule has 0 radical (unpaired) electrons. The second-order valence-electron chi connectivity index (χ2n) is 5.36. The van der Waals surface area contributed by atoms with E-state index in [4.69, 9.17) is 5.14 Å². The monoisotopic (exact) mass is 296 g/mol. The largest absolute Gasteiger partial charge is 0.356 e. The van der Waals surface area contributed by atoms with Gasteiger partial charge in [0.25, 0.3) is 0 Å². The molecule has 0 bridgehead atoms. The predicted octanol–water partition coefficient (Wildman–Crippen LogP) is 1.04. The summed E-state index contributed by atoms with van der Waals surface area (Å²) < 4.78 is 22.2. The molecule has 2 rings (SSSR count). The Morgan fingerprint density at radius 2 is 1.95 bits per heavy atom. The van der Waals surface area contributed by atoms with Gasteiger partial charge in [0.15, 0.2) is 0 Å². The van der Waals surface area contributed by atoms with Gasteiger partial charge in [-0.1, -0.05) is 19.1 Å². The van der Waals surface area contributed by atoms with Crippen molar-refractivity contribution in [2.24, 2.45) is 17.0 Å². The lowest BCUT2D eigenvalue weighted by molar-refractivity contribution is -0.125. The van der Waals surface area contributed by atoms with Gasteiger partial charge in [-0.3, -0.25) is 4.79 Å². The summed E-state index contributed by atoms with van der Waals surface area (Å²) in [6.07, 6.45) is 2.99. The van der Waals surface area contributed by atoms with Gasteiger partial charge in [-0.15, -0.1) is 0 Å². The van der Waals surface area contributed by atoms with Crippen molar-refractivity contribution in [3.05, 3.63) is 29.8 Å². The maximum absolute atomic E-state index is 11.8. The zero-order valence-corrected chi connectivity index (χ0v) is 12.3. The normalized spacial score (nSPS) is 16.7. The number of nitrogens with one attached hydrogen (secondary N) is 1. The summed E-state index contributed by atoms with van der Waals surface area (Å²) in [5.41, 5.74) is 0.969. The Balaban J connectivity index is 1.80. The van der Waals surface area contributed by atoms with Crippen LogP contribution in [0.4, 0.5) is 0 Å². The smallest absolute Gasteiger partial charge is 0.238 e. The maximum Gasteiger partial charge on any atom is 0.238 e. The lowest BCUT2D eigenvalue weighted by atomic mass is 10.1. The third-order valence-electron chi connectivity index (χ3n) is 3.71. The SMILES string of the molecule is CC(C(=O)NCCc1ccc(S(N)(=O)=O)cc1)C1CC1. The zero-order chi connectivity index (χ0) is 14.8. The molecule has 1 amide bonds. The van der Waals surface area contributed by atoms with Crippen LogP contribution >= 0.6 is 0 Å². The molecule has 0 saturated heterocycles. The van der Waals surface area contributed by atoms with Crippen molar-refractivity contribution in [2.75, 3.05) is 6.54 Å². The third-order valence-corrected chi connectivity index (χ3v) is 4.64. The predicted molar refractivity (Wildman–Crippen MR) is 76.4 cm³/mol. The van der Waals surface area contributed by atoms with Crippen molar-refractivity contribution in [3.8, 4) is 0 Å². The molecular formula is C14H20N2O3S. The molecule has 1 fully saturated rings. The molecule has 1 aromatic carbocycles. The van der Waals surface area contributed by atoms with E-state index in [1.807, 2.05) is 6.92 Å². The minimum atomic E-state index is -3.64. The molecule has 0 aliphatic heterocycles. The number of carbonyl (C=O) groups is 1. The lowest BCUT2D eigenvalue weighted by Gasteiger charge is -2.11. The number of hydrogen-bond donors (Lipinski definition) is 2. The second kappa shape index (κ2) is 5.93. The average molecular weight is 296 g/mol. The molecule has 1 aliphatic carbocycles. The van der Waals surface area contributed by atoms with Crippen LogP contribution in [0.2, 0.25) is 0 Å². The molecular weight excluding hydrogens is 276 g/mol. The van der Waals surface area contributed by atoms with Crippen molar-refractivity contribution in [3.63, 3.8) is 0 Å². The summed E-state index contributed by atoms with van der Waals surface area (Å²) in [5.74, 6) is 0.762. The second-order valence-corrected chi connectivity index (χ2v) is 6.92. The van der Waals surface area contributed by atoms with Crippen LogP contribution in [0.5, 0.6) is 0 Å². The van der Waals surface area contributed by atoms with Gasteiger partial charge >= 0.3 is 0 Å². The van der Waals surface area contributed by atoms with Crippen LogP contribution in [0.25, 0.3) is 0 Å². The highest BCUT2D eigenvalue weighted by Crippen LogP contribution is 2.36. The topological polar surface area (TPSA) is 89.3 Å². The Bertz CT molecular complexity index is 577. The molecule has 0 heterocycles. The number of nitrogens with two attached hydrogens (primary N) is 1. The summed E-state index contributed by atoms with van der Waals surface area (Å²) in [6.45, 7) is 2.53. The minimum absolute atomic E-state index is 0.0970. The van der Waals surface area contributed by atoms with Crippen molar-refractivity contribution >= 4 is 15.9 Å². The van der Waals surface area contributed by atoms with Crippen LogP contribution in [-0.4, -0.2) is 20.9 Å². The highest BCUT2D eigenvalue weighted by molar-refractivity contribution is 7.89. The first kappa shape index (κ1) is 15.0. The molecule has 1 atom stereocenters. The van der Waals surface area contributed by atoms with E-state index in [0.717, 1.165) is 18.4 Å². The van der Waals surface area contributed by atoms with E-state index < -0.39 is 10.0 Å². The first-order chi connectivity index (χ1) is 9.38. The van der Waals surface area contributed by atoms with Gasteiger partial charge in [-0.2, -0.15) is 0 Å². The fraction of sp³-hybridized carbons (Fsp3) is 0.500. The van der Waals surface area contributed by atoms with E-state index in [1.165, 1.54) is 12.1 Å². The van der Waals surface area contributed by atoms with Crippen molar-refractivity contribution < 1.29 is 13.2 Å². The Morgan fingerprint density at radius 3 is 2.45 bits per heavy atom. The fourth-order valence-electron chi connectivity index (χ4n) is 2.15. The summed E-state index contributed by atoms with van der Waals surface area (Å²) in [6, 6.07) is 6.41. The summed E-state index contributed by atoms with van der Waals surface area (Å²) >= 11 is 0. The zero-order valence-electron chi connectivity index (χ0n) is 11.5. The van der Waals surface area contributed by atoms with Gasteiger partial charge in [0.2, 0.25) is 15.9 Å². The van der Waals surface area contributed by atoms with E-state index in [-0.39, 0.29) is 16.7 Å². The number of benzene rings is 1.